The summed E-state index contributed by atoms with van der Waals surface area (Å²) in [4.78, 5) is 25.6. The maximum Gasteiger partial charge on any atom is 0.229 e. The molecule has 2 heterocycles. The molecule has 0 unspecified atom stereocenters. The Morgan fingerprint density at radius 3 is 2.75 bits per heavy atom. The Bertz CT molecular complexity index is 1160. The van der Waals surface area contributed by atoms with Crippen molar-refractivity contribution in [1.29, 1.82) is 0 Å². The number of rotatable bonds is 7. The molecule has 1 saturated carbocycles. The molecule has 1 fully saturated rings. The summed E-state index contributed by atoms with van der Waals surface area (Å²) in [5, 5.41) is 3.27. The van der Waals surface area contributed by atoms with Crippen molar-refractivity contribution in [3.05, 3.63) is 70.6 Å². The van der Waals surface area contributed by atoms with Crippen molar-refractivity contribution < 1.29 is 18.7 Å². The molecule has 3 aromatic rings. The first-order valence-corrected chi connectivity index (χ1v) is 10.4. The van der Waals surface area contributed by atoms with Crippen molar-refractivity contribution in [2.45, 2.75) is 25.7 Å². The van der Waals surface area contributed by atoms with Gasteiger partial charge in [0.1, 0.15) is 23.2 Å². The van der Waals surface area contributed by atoms with Gasteiger partial charge in [0, 0.05) is 17.7 Å². The van der Waals surface area contributed by atoms with Gasteiger partial charge in [0.25, 0.3) is 0 Å². The highest BCUT2D eigenvalue weighted by molar-refractivity contribution is 6.30. The molecule has 32 heavy (non-hydrogen) atoms. The molecular weight excluding hydrogens is 435 g/mol. The van der Waals surface area contributed by atoms with E-state index < -0.39 is 17.2 Å². The molecule has 9 heteroatoms. The first kappa shape index (κ1) is 22.0. The van der Waals surface area contributed by atoms with Crippen LogP contribution in [0.5, 0.6) is 11.5 Å². The summed E-state index contributed by atoms with van der Waals surface area (Å²) in [6, 6.07) is 7.71. The van der Waals surface area contributed by atoms with Crippen molar-refractivity contribution in [2.24, 2.45) is 5.92 Å². The molecule has 1 N–H and O–H groups in total. The van der Waals surface area contributed by atoms with Crippen molar-refractivity contribution in [3.8, 4) is 11.5 Å². The minimum atomic E-state index is -0.733. The van der Waals surface area contributed by atoms with E-state index >= 15 is 0 Å². The van der Waals surface area contributed by atoms with E-state index in [1.54, 1.807) is 31.3 Å². The summed E-state index contributed by atoms with van der Waals surface area (Å²) in [5.41, 5.74) is 0.587. The molecule has 4 rings (SSSR count). The lowest BCUT2D eigenvalue weighted by atomic mass is 9.93. The Morgan fingerprint density at radius 1 is 1.25 bits per heavy atom. The second kappa shape index (κ2) is 8.70. The van der Waals surface area contributed by atoms with Crippen LogP contribution in [0.2, 0.25) is 5.02 Å². The molecular formula is C23H22ClFN4O3. The number of pyridine rings is 1. The zero-order valence-electron chi connectivity index (χ0n) is 17.9. The molecule has 1 aromatic carbocycles. The molecule has 0 bridgehead atoms. The van der Waals surface area contributed by atoms with Gasteiger partial charge in [-0.25, -0.2) is 19.3 Å². The van der Waals surface area contributed by atoms with E-state index in [1.165, 1.54) is 25.4 Å². The van der Waals surface area contributed by atoms with Crippen LogP contribution in [0, 0.1) is 25.6 Å². The average Bonchev–Trinajstić information content (AvgIpc) is 3.50. The van der Waals surface area contributed by atoms with Crippen molar-refractivity contribution in [1.82, 2.24) is 15.0 Å². The number of anilines is 1. The van der Waals surface area contributed by atoms with Gasteiger partial charge >= 0.3 is 0 Å². The summed E-state index contributed by atoms with van der Waals surface area (Å²) in [6.45, 7) is 3.77. The average molecular weight is 457 g/mol. The largest absolute Gasteiger partial charge is 0.497 e. The van der Waals surface area contributed by atoms with Gasteiger partial charge in [-0.05, 0) is 50.1 Å². The molecule has 1 aliphatic rings. The lowest BCUT2D eigenvalue weighted by Crippen LogP contribution is -2.27. The SMILES string of the molecule is COc1cc(F)cc([C@]2(COc3cnc(C)nc3C)C[C@H]2C(=O)Nc2ccc(Cl)cn2)c1. The molecule has 0 spiro atoms. The predicted octanol–water partition coefficient (Wildman–Crippen LogP) is 4.26. The van der Waals surface area contributed by atoms with E-state index in [1.807, 2.05) is 6.92 Å². The molecule has 2 atom stereocenters. The Labute approximate surface area is 190 Å². The van der Waals surface area contributed by atoms with Crippen LogP contribution in [-0.4, -0.2) is 34.6 Å². The number of carbonyl (C=O) groups excluding carboxylic acids is 1. The number of carbonyl (C=O) groups is 1. The van der Waals surface area contributed by atoms with Crippen LogP contribution < -0.4 is 14.8 Å². The minimum Gasteiger partial charge on any atom is -0.497 e. The van der Waals surface area contributed by atoms with Gasteiger partial charge in [0.05, 0.1) is 36.5 Å². The monoisotopic (exact) mass is 456 g/mol. The van der Waals surface area contributed by atoms with Crippen LogP contribution in [0.15, 0.2) is 42.7 Å². The minimum absolute atomic E-state index is 0.152. The van der Waals surface area contributed by atoms with E-state index in [4.69, 9.17) is 21.1 Å². The highest BCUT2D eigenvalue weighted by atomic mass is 35.5. The van der Waals surface area contributed by atoms with Gasteiger partial charge in [-0.1, -0.05) is 11.6 Å². The topological polar surface area (TPSA) is 86.2 Å². The molecule has 0 aliphatic heterocycles. The number of hydrogen-bond acceptors (Lipinski definition) is 6. The molecule has 7 nitrogen and oxygen atoms in total. The predicted molar refractivity (Wildman–Crippen MR) is 118 cm³/mol. The Balaban J connectivity index is 1.61. The third-order valence-electron chi connectivity index (χ3n) is 5.59. The van der Waals surface area contributed by atoms with Crippen molar-refractivity contribution >= 4 is 23.3 Å². The zero-order chi connectivity index (χ0) is 22.9. The standard InChI is InChI=1S/C23H22ClFN4O3/c1-13-20(11-26-14(2)28-13)32-12-23(15-6-17(25)8-18(7-15)31-3)9-19(23)22(30)29-21-5-4-16(24)10-27-21/h4-8,10-11,19H,9,12H2,1-3H3,(H,27,29,30)/t19-,23+/m0/s1. The van der Waals surface area contributed by atoms with Gasteiger partial charge < -0.3 is 14.8 Å². The fourth-order valence-electron chi connectivity index (χ4n) is 3.76. The second-order valence-electron chi connectivity index (χ2n) is 7.80. The van der Waals surface area contributed by atoms with Crippen LogP contribution in [0.4, 0.5) is 10.2 Å². The highest BCUT2D eigenvalue weighted by Gasteiger charge is 2.60. The summed E-state index contributed by atoms with van der Waals surface area (Å²) in [7, 11) is 1.47. The summed E-state index contributed by atoms with van der Waals surface area (Å²) in [6.07, 6.45) is 3.54. The van der Waals surface area contributed by atoms with E-state index in [0.29, 0.717) is 45.8 Å². The van der Waals surface area contributed by atoms with Crippen molar-refractivity contribution in [3.63, 3.8) is 0 Å². The quantitative estimate of drug-likeness (QED) is 0.571. The number of aryl methyl sites for hydroxylation is 2. The van der Waals surface area contributed by atoms with E-state index in [9.17, 15) is 9.18 Å². The number of ether oxygens (including phenoxy) is 2. The van der Waals surface area contributed by atoms with Crippen LogP contribution in [0.25, 0.3) is 0 Å². The molecule has 1 amide bonds. The van der Waals surface area contributed by atoms with Crippen LogP contribution in [-0.2, 0) is 10.2 Å². The number of amides is 1. The summed E-state index contributed by atoms with van der Waals surface area (Å²) >= 11 is 5.86. The normalized spacial score (nSPS) is 19.3. The molecule has 2 aromatic heterocycles. The van der Waals surface area contributed by atoms with E-state index in [2.05, 4.69) is 20.3 Å². The number of halogens is 2. The number of benzene rings is 1. The van der Waals surface area contributed by atoms with Gasteiger partial charge in [-0.2, -0.15) is 0 Å². The second-order valence-corrected chi connectivity index (χ2v) is 8.24. The number of nitrogens with one attached hydrogen (secondary N) is 1. The van der Waals surface area contributed by atoms with Gasteiger partial charge in [0.15, 0.2) is 5.75 Å². The van der Waals surface area contributed by atoms with Crippen LogP contribution >= 0.6 is 11.6 Å². The first-order valence-electron chi connectivity index (χ1n) is 10.0. The first-order chi connectivity index (χ1) is 15.3. The molecule has 166 valence electrons. The fraction of sp³-hybridized carbons (Fsp3) is 0.304. The van der Waals surface area contributed by atoms with Gasteiger partial charge in [-0.3, -0.25) is 4.79 Å². The van der Waals surface area contributed by atoms with Gasteiger partial charge in [-0.15, -0.1) is 0 Å². The van der Waals surface area contributed by atoms with Crippen LogP contribution in [0.1, 0.15) is 23.5 Å². The maximum absolute atomic E-state index is 14.3. The molecule has 0 saturated heterocycles. The third-order valence-corrected chi connectivity index (χ3v) is 5.82. The fourth-order valence-corrected chi connectivity index (χ4v) is 3.87. The third kappa shape index (κ3) is 4.50. The highest BCUT2D eigenvalue weighted by Crippen LogP contribution is 2.55. The number of methoxy groups -OCH3 is 1. The van der Waals surface area contributed by atoms with Crippen LogP contribution in [0.3, 0.4) is 0 Å². The summed E-state index contributed by atoms with van der Waals surface area (Å²) < 4.78 is 25.6. The number of aromatic nitrogens is 3. The molecule has 0 radical (unpaired) electrons. The lowest BCUT2D eigenvalue weighted by molar-refractivity contribution is -0.117. The van der Waals surface area contributed by atoms with E-state index in [0.717, 1.165) is 0 Å². The maximum atomic E-state index is 14.3. The van der Waals surface area contributed by atoms with Crippen molar-refractivity contribution in [2.75, 3.05) is 19.0 Å². The Kier molecular flexibility index (Phi) is 5.97. The van der Waals surface area contributed by atoms with Gasteiger partial charge in [0.2, 0.25) is 5.91 Å². The lowest BCUT2D eigenvalue weighted by Gasteiger charge is -2.20. The summed E-state index contributed by atoms with van der Waals surface area (Å²) in [5.74, 6) is 0.795. The molecule has 1 aliphatic carbocycles. The number of hydrogen-bond donors (Lipinski definition) is 1. The zero-order valence-corrected chi connectivity index (χ0v) is 18.6. The Hall–Kier alpha value is -3.26. The Morgan fingerprint density at radius 2 is 2.06 bits per heavy atom. The smallest absolute Gasteiger partial charge is 0.229 e. The van der Waals surface area contributed by atoms with E-state index in [-0.39, 0.29) is 12.5 Å². The number of nitrogens with zero attached hydrogens (tertiary/aromatic N) is 3.